The molecule has 0 aliphatic heterocycles. The van der Waals surface area contributed by atoms with Gasteiger partial charge in [0.1, 0.15) is 5.75 Å². The van der Waals surface area contributed by atoms with Crippen LogP contribution in [0, 0.1) is 6.92 Å². The monoisotopic (exact) mass is 369 g/mol. The van der Waals surface area contributed by atoms with Crippen molar-refractivity contribution in [3.63, 3.8) is 0 Å². The van der Waals surface area contributed by atoms with Crippen LogP contribution in [0.2, 0.25) is 0 Å². The SMILES string of the molecule is CCOc1ccc(C(=O)O[C@H](C)C(=O)Nc2c(C)cccc2C(C)C)cc1. The van der Waals surface area contributed by atoms with Crippen LogP contribution in [0.5, 0.6) is 5.75 Å². The van der Waals surface area contributed by atoms with Gasteiger partial charge in [0.15, 0.2) is 6.10 Å². The Morgan fingerprint density at radius 3 is 2.30 bits per heavy atom. The highest BCUT2D eigenvalue weighted by atomic mass is 16.5. The van der Waals surface area contributed by atoms with E-state index in [-0.39, 0.29) is 11.8 Å². The quantitative estimate of drug-likeness (QED) is 0.719. The highest BCUT2D eigenvalue weighted by Gasteiger charge is 2.21. The summed E-state index contributed by atoms with van der Waals surface area (Å²) in [4.78, 5) is 24.8. The summed E-state index contributed by atoms with van der Waals surface area (Å²) in [6.07, 6.45) is -0.913. The topological polar surface area (TPSA) is 64.6 Å². The van der Waals surface area contributed by atoms with Gasteiger partial charge in [0.05, 0.1) is 12.2 Å². The third-order valence-electron chi connectivity index (χ3n) is 4.23. The first-order chi connectivity index (χ1) is 12.8. The number of hydrogen-bond donors (Lipinski definition) is 1. The van der Waals surface area contributed by atoms with E-state index < -0.39 is 12.1 Å². The maximum absolute atomic E-state index is 12.5. The number of amides is 1. The Morgan fingerprint density at radius 1 is 1.04 bits per heavy atom. The van der Waals surface area contributed by atoms with Crippen molar-refractivity contribution in [1.29, 1.82) is 0 Å². The molecule has 0 fully saturated rings. The number of benzene rings is 2. The predicted molar refractivity (Wildman–Crippen MR) is 106 cm³/mol. The summed E-state index contributed by atoms with van der Waals surface area (Å²) in [6, 6.07) is 12.5. The summed E-state index contributed by atoms with van der Waals surface area (Å²) < 4.78 is 10.7. The van der Waals surface area contributed by atoms with E-state index in [1.54, 1.807) is 31.2 Å². The number of hydrogen-bond acceptors (Lipinski definition) is 4. The molecule has 1 amide bonds. The van der Waals surface area contributed by atoms with Crippen LogP contribution in [0.15, 0.2) is 42.5 Å². The minimum absolute atomic E-state index is 0.266. The lowest BCUT2D eigenvalue weighted by molar-refractivity contribution is -0.123. The molecule has 0 aliphatic rings. The van der Waals surface area contributed by atoms with Crippen LogP contribution in [0.25, 0.3) is 0 Å². The minimum atomic E-state index is -0.913. The molecule has 2 rings (SSSR count). The number of esters is 1. The van der Waals surface area contributed by atoms with Gasteiger partial charge in [-0.3, -0.25) is 4.79 Å². The average Bonchev–Trinajstić information content (AvgIpc) is 2.63. The summed E-state index contributed by atoms with van der Waals surface area (Å²) in [6.45, 7) is 10.1. The van der Waals surface area contributed by atoms with Crippen LogP contribution in [0.3, 0.4) is 0 Å². The Kier molecular flexibility index (Phi) is 6.99. The Bertz CT molecular complexity index is 796. The Morgan fingerprint density at radius 2 is 1.70 bits per heavy atom. The second-order valence-electron chi connectivity index (χ2n) is 6.69. The zero-order valence-electron chi connectivity index (χ0n) is 16.5. The fourth-order valence-corrected chi connectivity index (χ4v) is 2.70. The highest BCUT2D eigenvalue weighted by Crippen LogP contribution is 2.27. The van der Waals surface area contributed by atoms with Gasteiger partial charge in [-0.2, -0.15) is 0 Å². The van der Waals surface area contributed by atoms with Crippen molar-refractivity contribution in [1.82, 2.24) is 0 Å². The number of para-hydroxylation sites is 1. The van der Waals surface area contributed by atoms with Crippen molar-refractivity contribution in [2.24, 2.45) is 0 Å². The third-order valence-corrected chi connectivity index (χ3v) is 4.23. The van der Waals surface area contributed by atoms with Crippen molar-refractivity contribution in [2.45, 2.75) is 46.6 Å². The number of rotatable bonds is 7. The summed E-state index contributed by atoms with van der Waals surface area (Å²) in [5, 5.41) is 2.91. The molecule has 2 aromatic rings. The molecule has 5 nitrogen and oxygen atoms in total. The number of carbonyl (C=O) groups is 2. The van der Waals surface area contributed by atoms with Crippen LogP contribution in [-0.4, -0.2) is 24.6 Å². The second kappa shape index (κ2) is 9.21. The van der Waals surface area contributed by atoms with Crippen LogP contribution >= 0.6 is 0 Å². The fraction of sp³-hybridized carbons (Fsp3) is 0.364. The van der Waals surface area contributed by atoms with E-state index in [2.05, 4.69) is 19.2 Å². The predicted octanol–water partition coefficient (Wildman–Crippen LogP) is 4.70. The van der Waals surface area contributed by atoms with Gasteiger partial charge in [0.2, 0.25) is 0 Å². The van der Waals surface area contributed by atoms with E-state index in [1.165, 1.54) is 0 Å². The molecular weight excluding hydrogens is 342 g/mol. The first-order valence-corrected chi connectivity index (χ1v) is 9.17. The van der Waals surface area contributed by atoms with Gasteiger partial charge < -0.3 is 14.8 Å². The van der Waals surface area contributed by atoms with Gasteiger partial charge in [0.25, 0.3) is 5.91 Å². The number of anilines is 1. The molecule has 0 radical (unpaired) electrons. The smallest absolute Gasteiger partial charge is 0.338 e. The molecule has 0 bridgehead atoms. The molecule has 1 atom stereocenters. The average molecular weight is 369 g/mol. The summed E-state index contributed by atoms with van der Waals surface area (Å²) in [5.41, 5.74) is 3.17. The van der Waals surface area contributed by atoms with Crippen molar-refractivity contribution < 1.29 is 19.1 Å². The summed E-state index contributed by atoms with van der Waals surface area (Å²) in [7, 11) is 0. The standard InChI is InChI=1S/C22H27NO4/c1-6-26-18-12-10-17(11-13-18)22(25)27-16(5)21(24)23-20-15(4)8-7-9-19(20)14(2)3/h7-14,16H,6H2,1-5H3,(H,23,24)/t16-/m1/s1. The van der Waals surface area contributed by atoms with E-state index >= 15 is 0 Å². The van der Waals surface area contributed by atoms with Crippen LogP contribution in [0.1, 0.15) is 55.1 Å². The molecule has 0 heterocycles. The van der Waals surface area contributed by atoms with E-state index in [9.17, 15) is 9.59 Å². The Labute approximate surface area is 160 Å². The maximum atomic E-state index is 12.5. The fourth-order valence-electron chi connectivity index (χ4n) is 2.70. The molecule has 144 valence electrons. The van der Waals surface area contributed by atoms with E-state index in [4.69, 9.17) is 9.47 Å². The molecule has 1 N–H and O–H groups in total. The number of aryl methyl sites for hydroxylation is 1. The van der Waals surface area contributed by atoms with Gasteiger partial charge >= 0.3 is 5.97 Å². The first kappa shape index (κ1) is 20.5. The molecule has 0 saturated carbocycles. The Balaban J connectivity index is 2.04. The zero-order valence-corrected chi connectivity index (χ0v) is 16.5. The van der Waals surface area contributed by atoms with Crippen molar-refractivity contribution in [3.05, 3.63) is 59.2 Å². The lowest BCUT2D eigenvalue weighted by Crippen LogP contribution is -2.30. The van der Waals surface area contributed by atoms with E-state index in [0.717, 1.165) is 16.8 Å². The van der Waals surface area contributed by atoms with Crippen molar-refractivity contribution in [3.8, 4) is 5.75 Å². The van der Waals surface area contributed by atoms with Gasteiger partial charge in [0, 0.05) is 5.69 Å². The zero-order chi connectivity index (χ0) is 20.0. The van der Waals surface area contributed by atoms with E-state index in [1.807, 2.05) is 32.0 Å². The van der Waals surface area contributed by atoms with Gasteiger partial charge in [-0.05, 0) is 62.1 Å². The maximum Gasteiger partial charge on any atom is 0.338 e. The molecule has 2 aromatic carbocycles. The molecule has 0 aliphatic carbocycles. The van der Waals surface area contributed by atoms with Crippen molar-refractivity contribution in [2.75, 3.05) is 11.9 Å². The number of ether oxygens (including phenoxy) is 2. The normalized spacial score (nSPS) is 11.8. The molecule has 0 saturated heterocycles. The number of carbonyl (C=O) groups excluding carboxylic acids is 2. The first-order valence-electron chi connectivity index (χ1n) is 9.17. The third kappa shape index (κ3) is 5.33. The second-order valence-corrected chi connectivity index (χ2v) is 6.69. The molecule has 0 unspecified atom stereocenters. The van der Waals surface area contributed by atoms with Gasteiger partial charge in [-0.15, -0.1) is 0 Å². The minimum Gasteiger partial charge on any atom is -0.494 e. The van der Waals surface area contributed by atoms with Crippen LogP contribution < -0.4 is 10.1 Å². The van der Waals surface area contributed by atoms with Crippen LogP contribution in [0.4, 0.5) is 5.69 Å². The summed E-state index contributed by atoms with van der Waals surface area (Å²) >= 11 is 0. The summed E-state index contributed by atoms with van der Waals surface area (Å²) in [5.74, 6) is 0.0440. The van der Waals surface area contributed by atoms with Gasteiger partial charge in [-0.25, -0.2) is 4.79 Å². The number of nitrogens with one attached hydrogen (secondary N) is 1. The largest absolute Gasteiger partial charge is 0.494 e. The molecule has 5 heteroatoms. The molecular formula is C22H27NO4. The molecule has 0 spiro atoms. The highest BCUT2D eigenvalue weighted by molar-refractivity contribution is 5.98. The lowest BCUT2D eigenvalue weighted by atomic mass is 9.98. The van der Waals surface area contributed by atoms with Gasteiger partial charge in [-0.1, -0.05) is 32.0 Å². The van der Waals surface area contributed by atoms with E-state index in [0.29, 0.717) is 17.9 Å². The lowest BCUT2D eigenvalue weighted by Gasteiger charge is -2.19. The molecule has 0 aromatic heterocycles. The van der Waals surface area contributed by atoms with Crippen molar-refractivity contribution >= 4 is 17.6 Å². The molecule has 27 heavy (non-hydrogen) atoms. The Hall–Kier alpha value is -2.82. The van der Waals surface area contributed by atoms with Crippen LogP contribution in [-0.2, 0) is 9.53 Å².